The summed E-state index contributed by atoms with van der Waals surface area (Å²) < 4.78 is 17.6. The summed E-state index contributed by atoms with van der Waals surface area (Å²) in [5.41, 5.74) is 2.66. The minimum absolute atomic E-state index is 0.249. The van der Waals surface area contributed by atoms with Gasteiger partial charge in [0.2, 0.25) is 0 Å². The van der Waals surface area contributed by atoms with Crippen molar-refractivity contribution in [2.24, 2.45) is 7.05 Å². The zero-order valence-electron chi connectivity index (χ0n) is 18.3. The smallest absolute Gasteiger partial charge is 0.407 e. The number of methoxy groups -OCH3 is 1. The standard InChI is InChI=1S/C23H26N4O5/c1-4-31-23(29)24-12-13-32-21-9-8-17(15-19(21)20-10-11-25-27(20)2)26-22(28)16-6-5-7-18(14-16)30-3/h5-11,14-15H,4,12-13H2,1-3H3,(H,24,29)(H,26,28). The largest absolute Gasteiger partial charge is 0.497 e. The third-order valence-corrected chi connectivity index (χ3v) is 4.57. The van der Waals surface area contributed by atoms with E-state index in [1.54, 1.807) is 61.3 Å². The molecule has 32 heavy (non-hydrogen) atoms. The third kappa shape index (κ3) is 5.78. The van der Waals surface area contributed by atoms with Crippen LogP contribution in [-0.2, 0) is 11.8 Å². The van der Waals surface area contributed by atoms with Gasteiger partial charge in [0, 0.05) is 30.1 Å². The average Bonchev–Trinajstić information content (AvgIpc) is 3.23. The molecule has 2 N–H and O–H groups in total. The molecule has 0 radical (unpaired) electrons. The summed E-state index contributed by atoms with van der Waals surface area (Å²) in [6, 6.07) is 14.1. The molecule has 3 aromatic rings. The number of aromatic nitrogens is 2. The number of alkyl carbamates (subject to hydrolysis) is 1. The molecule has 0 aliphatic rings. The van der Waals surface area contributed by atoms with Gasteiger partial charge in [0.25, 0.3) is 5.91 Å². The zero-order chi connectivity index (χ0) is 22.9. The molecule has 168 valence electrons. The number of carbonyl (C=O) groups excluding carboxylic acids is 2. The van der Waals surface area contributed by atoms with Crippen molar-refractivity contribution in [1.29, 1.82) is 0 Å². The molecule has 0 saturated heterocycles. The van der Waals surface area contributed by atoms with E-state index in [2.05, 4.69) is 15.7 Å². The predicted molar refractivity (Wildman–Crippen MR) is 120 cm³/mol. The van der Waals surface area contributed by atoms with Crippen molar-refractivity contribution < 1.29 is 23.8 Å². The van der Waals surface area contributed by atoms with Gasteiger partial charge in [-0.2, -0.15) is 5.10 Å². The van der Waals surface area contributed by atoms with Gasteiger partial charge in [-0.25, -0.2) is 4.79 Å². The van der Waals surface area contributed by atoms with E-state index in [1.807, 2.05) is 19.2 Å². The first kappa shape index (κ1) is 22.7. The van der Waals surface area contributed by atoms with Gasteiger partial charge >= 0.3 is 6.09 Å². The van der Waals surface area contributed by atoms with Gasteiger partial charge in [-0.05, 0) is 49.4 Å². The maximum absolute atomic E-state index is 12.7. The van der Waals surface area contributed by atoms with E-state index < -0.39 is 6.09 Å². The number of aryl methyl sites for hydroxylation is 1. The SMILES string of the molecule is CCOC(=O)NCCOc1ccc(NC(=O)c2cccc(OC)c2)cc1-c1ccnn1C. The Morgan fingerprint density at radius 2 is 1.97 bits per heavy atom. The maximum atomic E-state index is 12.7. The molecular formula is C23H26N4O5. The van der Waals surface area contributed by atoms with Crippen LogP contribution >= 0.6 is 0 Å². The van der Waals surface area contributed by atoms with E-state index in [1.165, 1.54) is 0 Å². The number of hydrogen-bond acceptors (Lipinski definition) is 6. The van der Waals surface area contributed by atoms with E-state index in [9.17, 15) is 9.59 Å². The lowest BCUT2D eigenvalue weighted by Crippen LogP contribution is -2.28. The van der Waals surface area contributed by atoms with Gasteiger partial charge in [-0.15, -0.1) is 0 Å². The van der Waals surface area contributed by atoms with E-state index in [-0.39, 0.29) is 19.1 Å². The monoisotopic (exact) mass is 438 g/mol. The molecule has 9 nitrogen and oxygen atoms in total. The number of nitrogens with one attached hydrogen (secondary N) is 2. The highest BCUT2D eigenvalue weighted by molar-refractivity contribution is 6.04. The molecule has 0 fully saturated rings. The first-order valence-corrected chi connectivity index (χ1v) is 10.1. The average molecular weight is 438 g/mol. The fourth-order valence-electron chi connectivity index (χ4n) is 3.04. The first-order valence-electron chi connectivity index (χ1n) is 10.1. The van der Waals surface area contributed by atoms with Crippen molar-refractivity contribution in [2.75, 3.05) is 32.2 Å². The number of anilines is 1. The summed E-state index contributed by atoms with van der Waals surface area (Å²) in [4.78, 5) is 24.1. The highest BCUT2D eigenvalue weighted by atomic mass is 16.5. The fourth-order valence-corrected chi connectivity index (χ4v) is 3.04. The predicted octanol–water partition coefficient (Wildman–Crippen LogP) is 3.47. The van der Waals surface area contributed by atoms with Crippen LogP contribution in [0.5, 0.6) is 11.5 Å². The molecule has 2 amide bonds. The molecule has 3 rings (SSSR count). The van der Waals surface area contributed by atoms with Gasteiger partial charge < -0.3 is 24.8 Å². The third-order valence-electron chi connectivity index (χ3n) is 4.57. The van der Waals surface area contributed by atoms with Gasteiger partial charge in [0.1, 0.15) is 18.1 Å². The van der Waals surface area contributed by atoms with Crippen molar-refractivity contribution in [3.8, 4) is 22.8 Å². The Hall–Kier alpha value is -4.01. The van der Waals surface area contributed by atoms with E-state index in [0.29, 0.717) is 29.4 Å². The van der Waals surface area contributed by atoms with Gasteiger partial charge in [-0.3, -0.25) is 9.48 Å². The second-order valence-corrected chi connectivity index (χ2v) is 6.73. The molecule has 0 unspecified atom stereocenters. The lowest BCUT2D eigenvalue weighted by Gasteiger charge is -2.15. The van der Waals surface area contributed by atoms with Crippen molar-refractivity contribution in [1.82, 2.24) is 15.1 Å². The second kappa shape index (κ2) is 10.9. The highest BCUT2D eigenvalue weighted by Gasteiger charge is 2.14. The zero-order valence-corrected chi connectivity index (χ0v) is 18.3. The number of hydrogen-bond donors (Lipinski definition) is 2. The minimum atomic E-state index is -0.487. The quantitative estimate of drug-likeness (QED) is 0.496. The van der Waals surface area contributed by atoms with Crippen LogP contribution in [0.25, 0.3) is 11.3 Å². The maximum Gasteiger partial charge on any atom is 0.407 e. The van der Waals surface area contributed by atoms with Gasteiger partial charge in [0.05, 0.1) is 26.0 Å². The molecule has 0 aliphatic carbocycles. The van der Waals surface area contributed by atoms with Crippen molar-refractivity contribution in [3.63, 3.8) is 0 Å². The Labute approximate surface area is 186 Å². The number of nitrogens with zero attached hydrogens (tertiary/aromatic N) is 2. The van der Waals surface area contributed by atoms with Crippen LogP contribution < -0.4 is 20.1 Å². The number of benzene rings is 2. The van der Waals surface area contributed by atoms with Crippen LogP contribution in [0.4, 0.5) is 10.5 Å². The molecule has 2 aromatic carbocycles. The topological polar surface area (TPSA) is 104 Å². The summed E-state index contributed by atoms with van der Waals surface area (Å²) in [6.45, 7) is 2.59. The summed E-state index contributed by atoms with van der Waals surface area (Å²) in [7, 11) is 3.38. The molecule has 0 aliphatic heterocycles. The molecule has 9 heteroatoms. The van der Waals surface area contributed by atoms with Crippen LogP contribution in [0, 0.1) is 0 Å². The Kier molecular flexibility index (Phi) is 7.69. The number of rotatable bonds is 9. The Morgan fingerprint density at radius 3 is 2.69 bits per heavy atom. The van der Waals surface area contributed by atoms with E-state index in [0.717, 1.165) is 11.3 Å². The molecule has 0 spiro atoms. The summed E-state index contributed by atoms with van der Waals surface area (Å²) >= 11 is 0. The van der Waals surface area contributed by atoms with Gasteiger partial charge in [0.15, 0.2) is 0 Å². The van der Waals surface area contributed by atoms with Crippen LogP contribution in [0.3, 0.4) is 0 Å². The molecular weight excluding hydrogens is 412 g/mol. The van der Waals surface area contributed by atoms with Crippen LogP contribution in [0.15, 0.2) is 54.7 Å². The summed E-state index contributed by atoms with van der Waals surface area (Å²) in [6.07, 6.45) is 1.20. The number of amides is 2. The van der Waals surface area contributed by atoms with Crippen molar-refractivity contribution in [3.05, 3.63) is 60.3 Å². The van der Waals surface area contributed by atoms with Crippen molar-refractivity contribution >= 4 is 17.7 Å². The lowest BCUT2D eigenvalue weighted by molar-refractivity contribution is 0.102. The van der Waals surface area contributed by atoms with E-state index >= 15 is 0 Å². The molecule has 1 heterocycles. The number of ether oxygens (including phenoxy) is 3. The lowest BCUT2D eigenvalue weighted by atomic mass is 10.1. The molecule has 0 bridgehead atoms. The van der Waals surface area contributed by atoms with Crippen LogP contribution in [0.1, 0.15) is 17.3 Å². The minimum Gasteiger partial charge on any atom is -0.497 e. The highest BCUT2D eigenvalue weighted by Crippen LogP contribution is 2.32. The van der Waals surface area contributed by atoms with Crippen molar-refractivity contribution in [2.45, 2.75) is 6.92 Å². The second-order valence-electron chi connectivity index (χ2n) is 6.73. The fraction of sp³-hybridized carbons (Fsp3) is 0.261. The summed E-state index contributed by atoms with van der Waals surface area (Å²) in [5, 5.41) is 9.73. The molecule has 0 saturated carbocycles. The molecule has 0 atom stereocenters. The summed E-state index contributed by atoms with van der Waals surface area (Å²) in [5.74, 6) is 0.944. The number of carbonyl (C=O) groups is 2. The van der Waals surface area contributed by atoms with Gasteiger partial charge in [-0.1, -0.05) is 6.07 Å². The Morgan fingerprint density at radius 1 is 1.12 bits per heavy atom. The van der Waals surface area contributed by atoms with Crippen LogP contribution in [0.2, 0.25) is 0 Å². The Balaban J connectivity index is 1.76. The normalized spacial score (nSPS) is 10.3. The Bertz CT molecular complexity index is 1080. The first-order chi connectivity index (χ1) is 15.5. The van der Waals surface area contributed by atoms with E-state index in [4.69, 9.17) is 14.2 Å². The molecule has 1 aromatic heterocycles. The van der Waals surface area contributed by atoms with Crippen LogP contribution in [-0.4, -0.2) is 48.6 Å².